The van der Waals surface area contributed by atoms with E-state index in [2.05, 4.69) is 15.9 Å². The quantitative estimate of drug-likeness (QED) is 0.841. The second-order valence-electron chi connectivity index (χ2n) is 3.21. The van der Waals surface area contributed by atoms with Crippen LogP contribution in [0.25, 0.3) is 0 Å². The van der Waals surface area contributed by atoms with Gasteiger partial charge in [-0.25, -0.2) is 0 Å². The first-order valence-electron chi connectivity index (χ1n) is 4.78. The Morgan fingerprint density at radius 2 is 1.88 bits per heavy atom. The van der Waals surface area contributed by atoms with Gasteiger partial charge in [-0.05, 0) is 34.1 Å². The van der Waals surface area contributed by atoms with Gasteiger partial charge in [-0.2, -0.15) is 0 Å². The molecular weight excluding hydrogens is 274 g/mol. The summed E-state index contributed by atoms with van der Waals surface area (Å²) in [4.78, 5) is 0. The van der Waals surface area contributed by atoms with Crippen molar-refractivity contribution < 1.29 is 14.2 Å². The van der Waals surface area contributed by atoms with E-state index in [9.17, 15) is 0 Å². The van der Waals surface area contributed by atoms with Gasteiger partial charge in [0.1, 0.15) is 5.75 Å². The highest BCUT2D eigenvalue weighted by Crippen LogP contribution is 2.32. The minimum Gasteiger partial charge on any atom is -0.496 e. The third kappa shape index (κ3) is 2.38. The molecule has 2 N–H and O–H groups in total. The lowest BCUT2D eigenvalue weighted by Crippen LogP contribution is -2.38. The van der Waals surface area contributed by atoms with Gasteiger partial charge in [0.05, 0.1) is 18.1 Å². The number of halogens is 1. The van der Waals surface area contributed by atoms with E-state index in [-0.39, 0.29) is 6.54 Å². The molecule has 0 aliphatic heterocycles. The first-order valence-corrected chi connectivity index (χ1v) is 5.57. The van der Waals surface area contributed by atoms with Crippen LogP contribution in [0.5, 0.6) is 5.75 Å². The molecule has 0 aliphatic rings. The van der Waals surface area contributed by atoms with Crippen molar-refractivity contribution in [1.29, 1.82) is 0 Å². The summed E-state index contributed by atoms with van der Waals surface area (Å²) in [6.45, 7) is 0.235. The van der Waals surface area contributed by atoms with Crippen molar-refractivity contribution in [3.63, 3.8) is 0 Å². The molecule has 0 saturated heterocycles. The van der Waals surface area contributed by atoms with Gasteiger partial charge >= 0.3 is 0 Å². The van der Waals surface area contributed by atoms with Crippen LogP contribution in [0.2, 0.25) is 0 Å². The molecule has 1 aromatic carbocycles. The molecule has 0 saturated carbocycles. The van der Waals surface area contributed by atoms with E-state index in [4.69, 9.17) is 19.9 Å². The Bertz CT molecular complexity index is 345. The summed E-state index contributed by atoms with van der Waals surface area (Å²) in [6.07, 6.45) is 0. The Balaban J connectivity index is 3.16. The van der Waals surface area contributed by atoms with Gasteiger partial charge < -0.3 is 19.9 Å². The van der Waals surface area contributed by atoms with Gasteiger partial charge in [-0.15, -0.1) is 0 Å². The highest BCUT2D eigenvalue weighted by atomic mass is 79.9. The van der Waals surface area contributed by atoms with Crippen LogP contribution < -0.4 is 10.5 Å². The summed E-state index contributed by atoms with van der Waals surface area (Å²) in [5, 5.41) is 0. The Morgan fingerprint density at radius 3 is 2.25 bits per heavy atom. The molecule has 1 rings (SSSR count). The van der Waals surface area contributed by atoms with Gasteiger partial charge in [-0.1, -0.05) is 0 Å². The zero-order valence-corrected chi connectivity index (χ0v) is 11.2. The van der Waals surface area contributed by atoms with Crippen molar-refractivity contribution in [2.45, 2.75) is 5.79 Å². The highest BCUT2D eigenvalue weighted by molar-refractivity contribution is 9.10. The maximum Gasteiger partial charge on any atom is 0.207 e. The highest BCUT2D eigenvalue weighted by Gasteiger charge is 2.30. The first kappa shape index (κ1) is 13.4. The van der Waals surface area contributed by atoms with E-state index < -0.39 is 5.79 Å². The molecule has 90 valence electrons. The van der Waals surface area contributed by atoms with Crippen LogP contribution in [0, 0.1) is 0 Å². The smallest absolute Gasteiger partial charge is 0.207 e. The van der Waals surface area contributed by atoms with Crippen molar-refractivity contribution in [2.24, 2.45) is 5.73 Å². The third-order valence-electron chi connectivity index (χ3n) is 2.52. The molecular formula is C11H16BrNO3. The van der Waals surface area contributed by atoms with E-state index in [1.807, 2.05) is 18.2 Å². The maximum atomic E-state index is 5.68. The summed E-state index contributed by atoms with van der Waals surface area (Å²) in [5.41, 5.74) is 6.53. The largest absolute Gasteiger partial charge is 0.496 e. The Hall–Kier alpha value is -0.620. The molecule has 4 nitrogen and oxygen atoms in total. The fourth-order valence-corrected chi connectivity index (χ4v) is 2.05. The lowest BCUT2D eigenvalue weighted by molar-refractivity contribution is -0.207. The summed E-state index contributed by atoms with van der Waals surface area (Å²) in [5.74, 6) is -0.156. The summed E-state index contributed by atoms with van der Waals surface area (Å²) < 4.78 is 16.7. The number of rotatable bonds is 5. The Labute approximate surface area is 104 Å². The molecule has 0 fully saturated rings. The Kier molecular flexibility index (Phi) is 4.73. The molecule has 0 aromatic heterocycles. The van der Waals surface area contributed by atoms with Crippen molar-refractivity contribution in [3.8, 4) is 5.75 Å². The fourth-order valence-electron chi connectivity index (χ4n) is 1.51. The molecule has 0 unspecified atom stereocenters. The third-order valence-corrected chi connectivity index (χ3v) is 3.14. The minimum absolute atomic E-state index is 0.235. The van der Waals surface area contributed by atoms with Gasteiger partial charge in [-0.3, -0.25) is 0 Å². The molecule has 1 aromatic rings. The first-order chi connectivity index (χ1) is 7.63. The average molecular weight is 290 g/mol. The van der Waals surface area contributed by atoms with Crippen LogP contribution in [0.1, 0.15) is 5.56 Å². The number of ether oxygens (including phenoxy) is 3. The molecule has 0 bridgehead atoms. The predicted octanol–water partition coefficient (Wildman–Crippen LogP) is 1.86. The second kappa shape index (κ2) is 5.63. The number of hydrogen-bond acceptors (Lipinski definition) is 4. The molecule has 0 atom stereocenters. The minimum atomic E-state index is -0.908. The topological polar surface area (TPSA) is 53.7 Å². The van der Waals surface area contributed by atoms with Crippen LogP contribution in [0.4, 0.5) is 0 Å². The zero-order valence-electron chi connectivity index (χ0n) is 9.62. The Morgan fingerprint density at radius 1 is 1.25 bits per heavy atom. The SMILES string of the molecule is COc1ccc(C(CN)(OC)OC)cc1Br. The number of nitrogens with two attached hydrogens (primary N) is 1. The van der Waals surface area contributed by atoms with Crippen LogP contribution in [0.3, 0.4) is 0 Å². The van der Waals surface area contributed by atoms with E-state index >= 15 is 0 Å². The van der Waals surface area contributed by atoms with Crippen molar-refractivity contribution in [2.75, 3.05) is 27.9 Å². The lowest BCUT2D eigenvalue weighted by Gasteiger charge is -2.30. The lowest BCUT2D eigenvalue weighted by atomic mass is 10.1. The van der Waals surface area contributed by atoms with Crippen LogP contribution in [-0.4, -0.2) is 27.9 Å². The predicted molar refractivity (Wildman–Crippen MR) is 65.4 cm³/mol. The number of benzene rings is 1. The molecule has 5 heteroatoms. The standard InChI is InChI=1S/C11H16BrNO3/c1-14-10-5-4-8(6-9(10)12)11(7-13,15-2)16-3/h4-6H,7,13H2,1-3H3. The zero-order chi connectivity index (χ0) is 12.2. The van der Waals surface area contributed by atoms with E-state index in [1.54, 1.807) is 21.3 Å². The van der Waals surface area contributed by atoms with Crippen LogP contribution >= 0.6 is 15.9 Å². The molecule has 0 spiro atoms. The number of hydrogen-bond donors (Lipinski definition) is 1. The summed E-state index contributed by atoms with van der Waals surface area (Å²) >= 11 is 3.41. The second-order valence-corrected chi connectivity index (χ2v) is 4.07. The van der Waals surface area contributed by atoms with E-state index in [1.165, 1.54) is 0 Å². The van der Waals surface area contributed by atoms with Crippen molar-refractivity contribution in [1.82, 2.24) is 0 Å². The molecule has 0 amide bonds. The van der Waals surface area contributed by atoms with Crippen LogP contribution in [-0.2, 0) is 15.3 Å². The van der Waals surface area contributed by atoms with Crippen molar-refractivity contribution >= 4 is 15.9 Å². The molecule has 0 aliphatic carbocycles. The van der Waals surface area contributed by atoms with E-state index in [0.717, 1.165) is 15.8 Å². The monoisotopic (exact) mass is 289 g/mol. The number of methoxy groups -OCH3 is 3. The van der Waals surface area contributed by atoms with Gasteiger partial charge in [0.15, 0.2) is 0 Å². The molecule has 16 heavy (non-hydrogen) atoms. The summed E-state index contributed by atoms with van der Waals surface area (Å²) in [7, 11) is 4.74. The normalized spacial score (nSPS) is 11.6. The van der Waals surface area contributed by atoms with Gasteiger partial charge in [0, 0.05) is 19.8 Å². The van der Waals surface area contributed by atoms with Gasteiger partial charge in [0.25, 0.3) is 0 Å². The molecule has 0 radical (unpaired) electrons. The maximum absolute atomic E-state index is 5.68. The van der Waals surface area contributed by atoms with E-state index in [0.29, 0.717) is 0 Å². The van der Waals surface area contributed by atoms with Crippen molar-refractivity contribution in [3.05, 3.63) is 28.2 Å². The molecule has 0 heterocycles. The summed E-state index contributed by atoms with van der Waals surface area (Å²) in [6, 6.07) is 5.57. The average Bonchev–Trinajstić information content (AvgIpc) is 2.32. The fraction of sp³-hybridized carbons (Fsp3) is 0.455. The van der Waals surface area contributed by atoms with Gasteiger partial charge in [0.2, 0.25) is 5.79 Å². The van der Waals surface area contributed by atoms with Crippen LogP contribution in [0.15, 0.2) is 22.7 Å².